The number of carbonyl (C=O) groups is 1. The van der Waals surface area contributed by atoms with Crippen LogP contribution in [0.2, 0.25) is 0 Å². The second-order valence-corrected chi connectivity index (χ2v) is 12.3. The molecular formula is C30H34FN3O3S. The van der Waals surface area contributed by atoms with Crippen molar-refractivity contribution in [2.45, 2.75) is 61.8 Å². The highest BCUT2D eigenvalue weighted by atomic mass is 32.2. The smallest absolute Gasteiger partial charge is 0.240 e. The lowest BCUT2D eigenvalue weighted by Gasteiger charge is -2.36. The Labute approximate surface area is 224 Å². The summed E-state index contributed by atoms with van der Waals surface area (Å²) < 4.78 is 41.7. The van der Waals surface area contributed by atoms with Crippen molar-refractivity contribution in [2.75, 3.05) is 6.54 Å². The van der Waals surface area contributed by atoms with E-state index in [1.807, 2.05) is 24.4 Å². The molecule has 8 heteroatoms. The van der Waals surface area contributed by atoms with Gasteiger partial charge in [0.15, 0.2) is 0 Å². The number of rotatable bonds is 8. The molecule has 0 radical (unpaired) electrons. The van der Waals surface area contributed by atoms with Crippen molar-refractivity contribution in [3.05, 3.63) is 95.6 Å². The first-order valence-corrected chi connectivity index (χ1v) is 14.9. The van der Waals surface area contributed by atoms with Gasteiger partial charge in [0.25, 0.3) is 0 Å². The van der Waals surface area contributed by atoms with Gasteiger partial charge in [0.1, 0.15) is 5.82 Å². The molecule has 0 saturated heterocycles. The van der Waals surface area contributed by atoms with Crippen molar-refractivity contribution < 1.29 is 17.6 Å². The lowest BCUT2D eigenvalue weighted by Crippen LogP contribution is -2.46. The van der Waals surface area contributed by atoms with E-state index in [9.17, 15) is 17.6 Å². The number of amides is 1. The van der Waals surface area contributed by atoms with Crippen molar-refractivity contribution in [2.24, 2.45) is 11.8 Å². The molecule has 1 aromatic heterocycles. The van der Waals surface area contributed by atoms with Crippen LogP contribution in [0, 0.1) is 17.7 Å². The summed E-state index contributed by atoms with van der Waals surface area (Å²) in [7, 11) is -3.53. The maximum Gasteiger partial charge on any atom is 0.240 e. The molecule has 0 bridgehead atoms. The number of hydrogen-bond donors (Lipinski definition) is 2. The molecule has 0 spiro atoms. The van der Waals surface area contributed by atoms with E-state index in [0.29, 0.717) is 6.54 Å². The van der Waals surface area contributed by atoms with Gasteiger partial charge in [-0.1, -0.05) is 30.3 Å². The standard InChI is InChI=1S/C30H34FN3O3S/c31-25-13-14-27-24(18-25)12-15-29(28(27)17-22-5-4-16-32-19-22)34-30(35)23-10-8-21(9-11-23)20-33-38(36,37)26-6-2-1-3-7-26/h1-7,13-14,16,18-19,21,23,28-29,33H,8-12,15,17,20H2,(H,34,35). The number of aryl methyl sites for hydroxylation is 1. The van der Waals surface area contributed by atoms with E-state index < -0.39 is 10.0 Å². The molecule has 0 aliphatic heterocycles. The van der Waals surface area contributed by atoms with E-state index in [4.69, 9.17) is 0 Å². The van der Waals surface area contributed by atoms with Crippen LogP contribution in [0.5, 0.6) is 0 Å². The van der Waals surface area contributed by atoms with E-state index in [0.717, 1.165) is 61.6 Å². The van der Waals surface area contributed by atoms with Gasteiger partial charge in [-0.05, 0) is 97.9 Å². The minimum atomic E-state index is -3.53. The van der Waals surface area contributed by atoms with E-state index >= 15 is 0 Å². The largest absolute Gasteiger partial charge is 0.352 e. The summed E-state index contributed by atoms with van der Waals surface area (Å²) in [4.78, 5) is 17.9. The maximum absolute atomic E-state index is 13.9. The van der Waals surface area contributed by atoms with Gasteiger partial charge in [-0.15, -0.1) is 0 Å². The molecule has 1 fully saturated rings. The number of halogens is 1. The first-order chi connectivity index (χ1) is 18.4. The highest BCUT2D eigenvalue weighted by Crippen LogP contribution is 2.36. The Bertz CT molecular complexity index is 1340. The topological polar surface area (TPSA) is 88.2 Å². The minimum Gasteiger partial charge on any atom is -0.352 e. The first kappa shape index (κ1) is 26.5. The summed E-state index contributed by atoms with van der Waals surface area (Å²) in [5.41, 5.74) is 3.21. The average Bonchev–Trinajstić information content (AvgIpc) is 2.94. The second-order valence-electron chi connectivity index (χ2n) is 10.6. The first-order valence-electron chi connectivity index (χ1n) is 13.4. The Morgan fingerprint density at radius 2 is 1.76 bits per heavy atom. The Morgan fingerprint density at radius 1 is 0.974 bits per heavy atom. The van der Waals surface area contributed by atoms with Crippen LogP contribution in [0.1, 0.15) is 54.7 Å². The third-order valence-corrected chi connectivity index (χ3v) is 9.49. The summed E-state index contributed by atoms with van der Waals surface area (Å²) in [6, 6.07) is 17.3. The maximum atomic E-state index is 13.9. The Kier molecular flexibility index (Phi) is 8.19. The van der Waals surface area contributed by atoms with Crippen molar-refractivity contribution in [3.8, 4) is 0 Å². The Morgan fingerprint density at radius 3 is 2.50 bits per heavy atom. The normalized spacial score (nSPS) is 23.4. The summed E-state index contributed by atoms with van der Waals surface area (Å²) >= 11 is 0. The molecule has 2 unspecified atom stereocenters. The van der Waals surface area contributed by atoms with Crippen LogP contribution in [0.25, 0.3) is 0 Å². The van der Waals surface area contributed by atoms with Gasteiger partial charge >= 0.3 is 0 Å². The molecule has 2 N–H and O–H groups in total. The van der Waals surface area contributed by atoms with Gasteiger partial charge in [0, 0.05) is 36.8 Å². The highest BCUT2D eigenvalue weighted by molar-refractivity contribution is 7.89. The van der Waals surface area contributed by atoms with Crippen molar-refractivity contribution >= 4 is 15.9 Å². The monoisotopic (exact) mass is 535 g/mol. The SMILES string of the molecule is O=C(NC1CCc2cc(F)ccc2C1Cc1cccnc1)C1CCC(CNS(=O)(=O)c2ccccc2)CC1. The summed E-state index contributed by atoms with van der Waals surface area (Å²) in [6.07, 6.45) is 8.92. The second kappa shape index (κ2) is 11.7. The Balaban J connectivity index is 1.19. The van der Waals surface area contributed by atoms with Crippen LogP contribution in [0.15, 0.2) is 78.0 Å². The van der Waals surface area contributed by atoms with Gasteiger partial charge in [-0.2, -0.15) is 0 Å². The molecule has 1 amide bonds. The van der Waals surface area contributed by atoms with Crippen LogP contribution in [0.4, 0.5) is 4.39 Å². The molecule has 5 rings (SSSR count). The number of sulfonamides is 1. The number of pyridine rings is 1. The van der Waals surface area contributed by atoms with Crippen LogP contribution in [-0.4, -0.2) is 31.9 Å². The molecule has 2 aromatic carbocycles. The fourth-order valence-corrected chi connectivity index (χ4v) is 7.06. The number of aromatic nitrogens is 1. The summed E-state index contributed by atoms with van der Waals surface area (Å²) in [6.45, 7) is 0.384. The van der Waals surface area contributed by atoms with E-state index in [1.54, 1.807) is 42.6 Å². The van der Waals surface area contributed by atoms with Crippen molar-refractivity contribution in [3.63, 3.8) is 0 Å². The van der Waals surface area contributed by atoms with Gasteiger partial charge in [0.05, 0.1) is 4.90 Å². The molecule has 1 saturated carbocycles. The molecule has 38 heavy (non-hydrogen) atoms. The van der Waals surface area contributed by atoms with Crippen molar-refractivity contribution in [1.82, 2.24) is 15.0 Å². The number of carbonyl (C=O) groups excluding carboxylic acids is 1. The fourth-order valence-electron chi connectivity index (χ4n) is 5.92. The van der Waals surface area contributed by atoms with Gasteiger partial charge in [-0.3, -0.25) is 9.78 Å². The lowest BCUT2D eigenvalue weighted by molar-refractivity contribution is -0.127. The number of nitrogens with zero attached hydrogens (tertiary/aromatic N) is 1. The number of benzene rings is 2. The van der Waals surface area contributed by atoms with E-state index in [2.05, 4.69) is 15.0 Å². The fraction of sp³-hybridized carbons (Fsp3) is 0.400. The zero-order valence-electron chi connectivity index (χ0n) is 21.4. The summed E-state index contributed by atoms with van der Waals surface area (Å²) in [5, 5.41) is 3.34. The molecular weight excluding hydrogens is 501 g/mol. The molecule has 2 aliphatic rings. The van der Waals surface area contributed by atoms with Crippen LogP contribution in [0.3, 0.4) is 0 Å². The van der Waals surface area contributed by atoms with Crippen molar-refractivity contribution in [1.29, 1.82) is 0 Å². The Hall–Kier alpha value is -3.10. The van der Waals surface area contributed by atoms with Crippen LogP contribution in [-0.2, 0) is 27.7 Å². The number of fused-ring (bicyclic) bond motifs is 1. The molecule has 2 atom stereocenters. The zero-order chi connectivity index (χ0) is 26.5. The average molecular weight is 536 g/mol. The van der Waals surface area contributed by atoms with E-state index in [-0.39, 0.29) is 40.4 Å². The lowest BCUT2D eigenvalue weighted by atomic mass is 9.75. The quantitative estimate of drug-likeness (QED) is 0.435. The number of hydrogen-bond acceptors (Lipinski definition) is 4. The van der Waals surface area contributed by atoms with Gasteiger partial charge < -0.3 is 5.32 Å². The minimum absolute atomic E-state index is 0.0314. The molecule has 1 heterocycles. The van der Waals surface area contributed by atoms with Crippen LogP contribution >= 0.6 is 0 Å². The zero-order valence-corrected chi connectivity index (χ0v) is 22.2. The third-order valence-electron chi connectivity index (χ3n) is 8.05. The van der Waals surface area contributed by atoms with Gasteiger partial charge in [-0.25, -0.2) is 17.5 Å². The summed E-state index contributed by atoms with van der Waals surface area (Å²) in [5.74, 6) is 0.0310. The molecule has 2 aliphatic carbocycles. The molecule has 200 valence electrons. The highest BCUT2D eigenvalue weighted by Gasteiger charge is 2.34. The number of nitrogens with one attached hydrogen (secondary N) is 2. The predicted molar refractivity (Wildman–Crippen MR) is 144 cm³/mol. The van der Waals surface area contributed by atoms with Crippen LogP contribution < -0.4 is 10.0 Å². The predicted octanol–water partition coefficient (Wildman–Crippen LogP) is 4.76. The third kappa shape index (κ3) is 6.30. The van der Waals surface area contributed by atoms with E-state index in [1.165, 1.54) is 6.07 Å². The van der Waals surface area contributed by atoms with Gasteiger partial charge in [0.2, 0.25) is 15.9 Å². The molecule has 6 nitrogen and oxygen atoms in total. The molecule has 3 aromatic rings.